The molecule has 2 aromatic heterocycles. The first-order valence-corrected chi connectivity index (χ1v) is 14.7. The van der Waals surface area contributed by atoms with E-state index in [-0.39, 0.29) is 6.09 Å². The molecule has 1 aliphatic rings. The van der Waals surface area contributed by atoms with Crippen LogP contribution in [-0.4, -0.2) is 52.6 Å². The number of thiazole rings is 1. The summed E-state index contributed by atoms with van der Waals surface area (Å²) in [5.41, 5.74) is 5.15. The Labute approximate surface area is 178 Å². The minimum atomic E-state index is -1.13. The van der Waals surface area contributed by atoms with Gasteiger partial charge in [-0.05, 0) is 26.8 Å². The van der Waals surface area contributed by atoms with E-state index in [2.05, 4.69) is 24.6 Å². The van der Waals surface area contributed by atoms with E-state index in [1.54, 1.807) is 21.7 Å². The first kappa shape index (κ1) is 22.0. The Morgan fingerprint density at radius 2 is 2.07 bits per heavy atom. The maximum atomic E-state index is 12.6. The van der Waals surface area contributed by atoms with Crippen LogP contribution in [-0.2, 0) is 29.2 Å². The number of hydrogen-bond donors (Lipinski definition) is 0. The van der Waals surface area contributed by atoms with Crippen molar-refractivity contribution in [2.45, 2.75) is 71.8 Å². The number of nitrogens with zero attached hydrogens (tertiary/aromatic N) is 4. The van der Waals surface area contributed by atoms with Crippen molar-refractivity contribution < 1.29 is 14.3 Å². The van der Waals surface area contributed by atoms with Gasteiger partial charge in [-0.25, -0.2) is 14.5 Å². The van der Waals surface area contributed by atoms with Crippen LogP contribution in [0.4, 0.5) is 4.79 Å². The van der Waals surface area contributed by atoms with Gasteiger partial charge in [0.2, 0.25) is 0 Å². The molecule has 1 amide bonds. The van der Waals surface area contributed by atoms with Crippen molar-refractivity contribution in [2.75, 3.05) is 13.2 Å². The van der Waals surface area contributed by atoms with Gasteiger partial charge in [0.05, 0.1) is 12.1 Å². The number of hydrogen-bond acceptors (Lipinski definition) is 6. The second-order valence-electron chi connectivity index (χ2n) is 9.65. The summed E-state index contributed by atoms with van der Waals surface area (Å²) in [5.74, 6) is 0. The van der Waals surface area contributed by atoms with Crippen LogP contribution in [0.5, 0.6) is 0 Å². The lowest BCUT2D eigenvalue weighted by atomic mass is 10.0. The van der Waals surface area contributed by atoms with Crippen LogP contribution >= 0.6 is 11.3 Å². The van der Waals surface area contributed by atoms with Gasteiger partial charge in [0.15, 0.2) is 0 Å². The smallest absolute Gasteiger partial charge is 0.410 e. The van der Waals surface area contributed by atoms with E-state index >= 15 is 0 Å². The number of amides is 1. The van der Waals surface area contributed by atoms with Crippen LogP contribution in [0.2, 0.25) is 25.7 Å². The highest BCUT2D eigenvalue weighted by molar-refractivity contribution is 7.07. The van der Waals surface area contributed by atoms with Crippen molar-refractivity contribution in [1.82, 2.24) is 19.7 Å². The summed E-state index contributed by atoms with van der Waals surface area (Å²) in [5, 5.41) is 6.80. The van der Waals surface area contributed by atoms with E-state index in [0.29, 0.717) is 19.8 Å². The predicted molar refractivity (Wildman–Crippen MR) is 118 cm³/mol. The molecule has 9 heteroatoms. The van der Waals surface area contributed by atoms with Gasteiger partial charge in [-0.1, -0.05) is 19.6 Å². The maximum Gasteiger partial charge on any atom is 0.410 e. The Bertz CT molecular complexity index is 837. The average molecular weight is 437 g/mol. The molecule has 0 radical (unpaired) electrons. The van der Waals surface area contributed by atoms with Gasteiger partial charge < -0.3 is 14.4 Å². The molecular formula is C20H32N4O3SSi. The standard InChI is InChI=1S/C20H32N4O3SSi/c1-20(2,3)27-19(25)23-8-7-17-15(11-23)18(16-12-28-13-21-16)22-24(17)14-26-9-10-29(4,5)6/h12-13H,7-11,14H2,1-6H3. The first-order valence-electron chi connectivity index (χ1n) is 10.1. The van der Waals surface area contributed by atoms with Gasteiger partial charge in [-0.3, -0.25) is 0 Å². The van der Waals surface area contributed by atoms with Crippen molar-refractivity contribution in [2.24, 2.45) is 0 Å². The molecule has 0 fully saturated rings. The highest BCUT2D eigenvalue weighted by atomic mass is 32.1. The zero-order chi connectivity index (χ0) is 21.2. The van der Waals surface area contributed by atoms with Crippen molar-refractivity contribution >= 4 is 25.5 Å². The van der Waals surface area contributed by atoms with E-state index in [0.717, 1.165) is 41.7 Å². The van der Waals surface area contributed by atoms with E-state index in [1.165, 1.54) is 0 Å². The Morgan fingerprint density at radius 3 is 2.69 bits per heavy atom. The van der Waals surface area contributed by atoms with Crippen molar-refractivity contribution in [3.8, 4) is 11.4 Å². The molecule has 1 aliphatic heterocycles. The summed E-state index contributed by atoms with van der Waals surface area (Å²) >= 11 is 1.54. The van der Waals surface area contributed by atoms with Gasteiger partial charge in [0.1, 0.15) is 23.7 Å². The fraction of sp³-hybridized carbons (Fsp3) is 0.650. The predicted octanol–water partition coefficient (Wildman–Crippen LogP) is 4.61. The zero-order valence-electron chi connectivity index (χ0n) is 18.3. The molecule has 7 nitrogen and oxygen atoms in total. The molecular weight excluding hydrogens is 404 g/mol. The Hall–Kier alpha value is -1.71. The average Bonchev–Trinajstić information content (AvgIpc) is 3.23. The van der Waals surface area contributed by atoms with Crippen LogP contribution < -0.4 is 0 Å². The second kappa shape index (κ2) is 8.57. The molecule has 0 spiro atoms. The Morgan fingerprint density at radius 1 is 1.31 bits per heavy atom. The summed E-state index contributed by atoms with van der Waals surface area (Å²) in [6.45, 7) is 15.0. The lowest BCUT2D eigenvalue weighted by Crippen LogP contribution is -2.40. The van der Waals surface area contributed by atoms with Gasteiger partial charge in [-0.2, -0.15) is 5.10 Å². The maximum absolute atomic E-state index is 12.6. The summed E-state index contributed by atoms with van der Waals surface area (Å²) in [6, 6.07) is 1.13. The number of fused-ring (bicyclic) bond motifs is 1. The number of rotatable bonds is 6. The SMILES string of the molecule is CC(C)(C)OC(=O)N1CCc2c(c(-c3cscn3)nn2COCC[Si](C)(C)C)C1. The highest BCUT2D eigenvalue weighted by Gasteiger charge is 2.31. The van der Waals surface area contributed by atoms with E-state index in [9.17, 15) is 4.79 Å². The Balaban J connectivity index is 1.78. The van der Waals surface area contributed by atoms with Crippen molar-refractivity contribution in [3.05, 3.63) is 22.1 Å². The fourth-order valence-electron chi connectivity index (χ4n) is 3.14. The first-order chi connectivity index (χ1) is 13.5. The fourth-order valence-corrected chi connectivity index (χ4v) is 4.44. The lowest BCUT2D eigenvalue weighted by molar-refractivity contribution is 0.0219. The van der Waals surface area contributed by atoms with Gasteiger partial charge >= 0.3 is 6.09 Å². The molecule has 0 atom stereocenters. The van der Waals surface area contributed by atoms with Crippen molar-refractivity contribution in [1.29, 1.82) is 0 Å². The largest absolute Gasteiger partial charge is 0.444 e. The number of carbonyl (C=O) groups excluding carboxylic acids is 1. The third-order valence-electron chi connectivity index (χ3n) is 4.67. The second-order valence-corrected chi connectivity index (χ2v) is 16.0. The van der Waals surface area contributed by atoms with E-state index in [1.807, 2.05) is 30.8 Å². The minimum absolute atomic E-state index is 0.286. The summed E-state index contributed by atoms with van der Waals surface area (Å²) in [6.07, 6.45) is 0.440. The summed E-state index contributed by atoms with van der Waals surface area (Å²) in [4.78, 5) is 18.8. The molecule has 29 heavy (non-hydrogen) atoms. The highest BCUT2D eigenvalue weighted by Crippen LogP contribution is 2.30. The van der Waals surface area contributed by atoms with Crippen LogP contribution in [0.25, 0.3) is 11.4 Å². The topological polar surface area (TPSA) is 69.5 Å². The molecule has 0 aliphatic carbocycles. The molecule has 0 unspecified atom stereocenters. The molecule has 2 aromatic rings. The molecule has 3 rings (SSSR count). The molecule has 0 saturated carbocycles. The van der Waals surface area contributed by atoms with Crippen LogP contribution in [0.1, 0.15) is 32.0 Å². The van der Waals surface area contributed by atoms with Crippen LogP contribution in [0.15, 0.2) is 10.9 Å². The zero-order valence-corrected chi connectivity index (χ0v) is 20.1. The quantitative estimate of drug-likeness (QED) is 0.488. The number of ether oxygens (including phenoxy) is 2. The summed E-state index contributed by atoms with van der Waals surface area (Å²) < 4.78 is 13.5. The monoisotopic (exact) mass is 436 g/mol. The van der Waals surface area contributed by atoms with E-state index < -0.39 is 13.7 Å². The van der Waals surface area contributed by atoms with Crippen LogP contribution in [0.3, 0.4) is 0 Å². The van der Waals surface area contributed by atoms with Gasteiger partial charge in [0.25, 0.3) is 0 Å². The van der Waals surface area contributed by atoms with Gasteiger partial charge in [0, 0.05) is 44.3 Å². The van der Waals surface area contributed by atoms with Gasteiger partial charge in [-0.15, -0.1) is 11.3 Å². The van der Waals surface area contributed by atoms with Crippen LogP contribution in [0, 0.1) is 0 Å². The van der Waals surface area contributed by atoms with E-state index in [4.69, 9.17) is 14.6 Å². The third kappa shape index (κ3) is 5.89. The lowest BCUT2D eigenvalue weighted by Gasteiger charge is -2.30. The third-order valence-corrected chi connectivity index (χ3v) is 6.96. The number of carbonyl (C=O) groups is 1. The number of aromatic nitrogens is 3. The molecule has 0 bridgehead atoms. The molecule has 0 aromatic carbocycles. The minimum Gasteiger partial charge on any atom is -0.444 e. The molecule has 3 heterocycles. The summed E-state index contributed by atoms with van der Waals surface area (Å²) in [7, 11) is -1.13. The normalized spacial score (nSPS) is 14.8. The molecule has 0 N–H and O–H groups in total. The van der Waals surface area contributed by atoms with Crippen molar-refractivity contribution in [3.63, 3.8) is 0 Å². The molecule has 0 saturated heterocycles. The Kier molecular flexibility index (Phi) is 6.50. The molecule has 160 valence electrons.